The number of nitrogens with zero attached hydrogens (tertiary/aromatic N) is 4. The second-order valence-corrected chi connectivity index (χ2v) is 14.0. The molecule has 5 heteroatoms. The number of rotatable bonds is 6. The lowest BCUT2D eigenvalue weighted by atomic mass is 9.97. The molecule has 8 aromatic carbocycles. The van der Waals surface area contributed by atoms with Gasteiger partial charge in [-0.15, -0.1) is 0 Å². The first-order valence-electron chi connectivity index (χ1n) is 18.8. The number of para-hydroxylation sites is 2. The molecule has 262 valence electrons. The maximum atomic E-state index is 6.43. The Morgan fingerprint density at radius 2 is 0.875 bits per heavy atom. The molecular formula is C51H32N4O. The molecule has 0 atom stereocenters. The molecule has 3 aromatic heterocycles. The van der Waals surface area contributed by atoms with Crippen molar-refractivity contribution >= 4 is 43.7 Å². The fraction of sp³-hybridized carbons (Fsp3) is 0. The van der Waals surface area contributed by atoms with E-state index in [9.17, 15) is 0 Å². The van der Waals surface area contributed by atoms with E-state index in [1.165, 1.54) is 32.9 Å². The Hall–Kier alpha value is -7.63. The van der Waals surface area contributed by atoms with E-state index in [4.69, 9.17) is 19.4 Å². The first-order valence-corrected chi connectivity index (χ1v) is 18.8. The average molecular weight is 717 g/mol. The Morgan fingerprint density at radius 3 is 1.55 bits per heavy atom. The number of benzene rings is 8. The maximum Gasteiger partial charge on any atom is 0.164 e. The Morgan fingerprint density at radius 1 is 0.339 bits per heavy atom. The van der Waals surface area contributed by atoms with Gasteiger partial charge in [0.2, 0.25) is 0 Å². The third-order valence-corrected chi connectivity index (χ3v) is 10.7. The molecule has 0 amide bonds. The van der Waals surface area contributed by atoms with Gasteiger partial charge in [-0.1, -0.05) is 146 Å². The fourth-order valence-corrected chi connectivity index (χ4v) is 7.98. The van der Waals surface area contributed by atoms with E-state index in [1.54, 1.807) is 0 Å². The average Bonchev–Trinajstić information content (AvgIpc) is 3.82. The predicted octanol–water partition coefficient (Wildman–Crippen LogP) is 13.2. The van der Waals surface area contributed by atoms with E-state index in [0.717, 1.165) is 55.4 Å². The van der Waals surface area contributed by atoms with Crippen molar-refractivity contribution in [1.82, 2.24) is 19.5 Å². The van der Waals surface area contributed by atoms with Crippen LogP contribution in [-0.2, 0) is 0 Å². The van der Waals surface area contributed by atoms with Crippen LogP contribution in [0, 0.1) is 0 Å². The molecular weight excluding hydrogens is 685 g/mol. The van der Waals surface area contributed by atoms with Crippen molar-refractivity contribution in [1.29, 1.82) is 0 Å². The van der Waals surface area contributed by atoms with Gasteiger partial charge >= 0.3 is 0 Å². The molecule has 56 heavy (non-hydrogen) atoms. The summed E-state index contributed by atoms with van der Waals surface area (Å²) in [5.41, 5.74) is 12.5. The minimum Gasteiger partial charge on any atom is -0.456 e. The molecule has 0 N–H and O–H groups in total. The summed E-state index contributed by atoms with van der Waals surface area (Å²) in [6.07, 6.45) is 0. The molecule has 5 nitrogen and oxygen atoms in total. The minimum absolute atomic E-state index is 0.602. The molecule has 3 heterocycles. The second-order valence-electron chi connectivity index (χ2n) is 14.0. The topological polar surface area (TPSA) is 56.7 Å². The molecule has 0 unspecified atom stereocenters. The Bertz CT molecular complexity index is 3160. The smallest absolute Gasteiger partial charge is 0.164 e. The van der Waals surface area contributed by atoms with Crippen LogP contribution >= 0.6 is 0 Å². The van der Waals surface area contributed by atoms with Crippen LogP contribution in [0.15, 0.2) is 199 Å². The highest BCUT2D eigenvalue weighted by molar-refractivity contribution is 6.13. The summed E-state index contributed by atoms with van der Waals surface area (Å²) in [7, 11) is 0. The summed E-state index contributed by atoms with van der Waals surface area (Å²) in [6.45, 7) is 0. The molecule has 0 bridgehead atoms. The standard InChI is InChI=1S/C51H32N4O/c1-4-13-35(14-5-1)49-52-50(36-15-6-2-7-16-36)54-51(53-49)41-20-12-22-47-48(41)43-32-38(28-30-46(43)56-47)34-25-23-33(24-26-34)37-27-29-45-42(31-37)40-19-10-11-21-44(40)55(45)39-17-8-3-9-18-39/h1-32H. The molecule has 11 aromatic rings. The first kappa shape index (κ1) is 31.9. The minimum atomic E-state index is 0.602. The van der Waals surface area contributed by atoms with Crippen molar-refractivity contribution in [3.63, 3.8) is 0 Å². The number of fused-ring (bicyclic) bond motifs is 6. The molecule has 0 aliphatic rings. The van der Waals surface area contributed by atoms with E-state index >= 15 is 0 Å². The zero-order chi connectivity index (χ0) is 37.0. The second kappa shape index (κ2) is 13.0. The lowest BCUT2D eigenvalue weighted by Crippen LogP contribution is -2.00. The molecule has 11 rings (SSSR count). The van der Waals surface area contributed by atoms with Crippen LogP contribution in [0.2, 0.25) is 0 Å². The number of hydrogen-bond acceptors (Lipinski definition) is 4. The maximum absolute atomic E-state index is 6.43. The van der Waals surface area contributed by atoms with Crippen molar-refractivity contribution in [2.45, 2.75) is 0 Å². The van der Waals surface area contributed by atoms with Gasteiger partial charge in [0.1, 0.15) is 11.2 Å². The van der Waals surface area contributed by atoms with Gasteiger partial charge in [0.25, 0.3) is 0 Å². The van der Waals surface area contributed by atoms with Gasteiger partial charge in [0.05, 0.1) is 11.0 Å². The van der Waals surface area contributed by atoms with Crippen LogP contribution in [0.4, 0.5) is 0 Å². The van der Waals surface area contributed by atoms with Crippen molar-refractivity contribution in [3.05, 3.63) is 194 Å². The summed E-state index contributed by atoms with van der Waals surface area (Å²) in [6, 6.07) is 67.5. The van der Waals surface area contributed by atoms with Gasteiger partial charge in [-0.05, 0) is 70.8 Å². The molecule has 0 fully saturated rings. The lowest BCUT2D eigenvalue weighted by molar-refractivity contribution is 0.669. The van der Waals surface area contributed by atoms with Crippen LogP contribution in [0.5, 0.6) is 0 Å². The van der Waals surface area contributed by atoms with Gasteiger partial charge in [-0.25, -0.2) is 15.0 Å². The van der Waals surface area contributed by atoms with Crippen molar-refractivity contribution < 1.29 is 4.42 Å². The van der Waals surface area contributed by atoms with Crippen molar-refractivity contribution in [3.8, 4) is 62.1 Å². The van der Waals surface area contributed by atoms with E-state index in [1.807, 2.05) is 72.8 Å². The third-order valence-electron chi connectivity index (χ3n) is 10.7. The highest BCUT2D eigenvalue weighted by Gasteiger charge is 2.19. The Labute approximate surface area is 322 Å². The SMILES string of the molecule is c1ccc(-c2nc(-c3ccccc3)nc(-c3cccc4oc5ccc(-c6ccc(-c7ccc8c(c7)c7ccccc7n8-c7ccccc7)cc6)cc5c34)n2)cc1. The summed E-state index contributed by atoms with van der Waals surface area (Å²) in [5, 5.41) is 4.48. The first-order chi connectivity index (χ1) is 27.7. The Kier molecular flexibility index (Phi) is 7.42. The zero-order valence-corrected chi connectivity index (χ0v) is 30.2. The van der Waals surface area contributed by atoms with Gasteiger partial charge in [0, 0.05) is 43.9 Å². The quantitative estimate of drug-likeness (QED) is 0.172. The van der Waals surface area contributed by atoms with Gasteiger partial charge < -0.3 is 8.98 Å². The van der Waals surface area contributed by atoms with E-state index < -0.39 is 0 Å². The highest BCUT2D eigenvalue weighted by atomic mass is 16.3. The van der Waals surface area contributed by atoms with Crippen LogP contribution in [0.1, 0.15) is 0 Å². The summed E-state index contributed by atoms with van der Waals surface area (Å²) >= 11 is 0. The zero-order valence-electron chi connectivity index (χ0n) is 30.2. The van der Waals surface area contributed by atoms with Crippen LogP contribution < -0.4 is 0 Å². The molecule has 0 aliphatic heterocycles. The predicted molar refractivity (Wildman–Crippen MR) is 229 cm³/mol. The summed E-state index contributed by atoms with van der Waals surface area (Å²) in [5.74, 6) is 1.85. The molecule has 0 aliphatic carbocycles. The van der Waals surface area contributed by atoms with Gasteiger partial charge in [0.15, 0.2) is 17.5 Å². The number of aromatic nitrogens is 4. The highest BCUT2D eigenvalue weighted by Crippen LogP contribution is 2.39. The van der Waals surface area contributed by atoms with E-state index in [2.05, 4.69) is 126 Å². The van der Waals surface area contributed by atoms with Crippen molar-refractivity contribution in [2.75, 3.05) is 0 Å². The van der Waals surface area contributed by atoms with Crippen molar-refractivity contribution in [2.24, 2.45) is 0 Å². The normalized spacial score (nSPS) is 11.6. The molecule has 0 spiro atoms. The molecule has 0 saturated carbocycles. The largest absolute Gasteiger partial charge is 0.456 e. The number of furan rings is 1. The summed E-state index contributed by atoms with van der Waals surface area (Å²) in [4.78, 5) is 15.0. The van der Waals surface area contributed by atoms with E-state index in [-0.39, 0.29) is 0 Å². The van der Waals surface area contributed by atoms with Gasteiger partial charge in [-0.3, -0.25) is 0 Å². The van der Waals surface area contributed by atoms with E-state index in [0.29, 0.717) is 17.5 Å². The van der Waals surface area contributed by atoms with Crippen LogP contribution in [0.3, 0.4) is 0 Å². The Balaban J connectivity index is 0.995. The third kappa shape index (κ3) is 5.37. The molecule has 0 radical (unpaired) electrons. The van der Waals surface area contributed by atoms with Gasteiger partial charge in [-0.2, -0.15) is 0 Å². The molecule has 0 saturated heterocycles. The lowest BCUT2D eigenvalue weighted by Gasteiger charge is -2.09. The fourth-order valence-electron chi connectivity index (χ4n) is 7.98. The van der Waals surface area contributed by atoms with Crippen LogP contribution in [0.25, 0.3) is 106 Å². The summed E-state index contributed by atoms with van der Waals surface area (Å²) < 4.78 is 8.79. The van der Waals surface area contributed by atoms with Crippen LogP contribution in [-0.4, -0.2) is 19.5 Å². The number of hydrogen-bond donors (Lipinski definition) is 0. The monoisotopic (exact) mass is 716 g/mol.